The quantitative estimate of drug-likeness (QED) is 0.549. The molecule has 1 unspecified atom stereocenters. The van der Waals surface area contributed by atoms with E-state index in [-0.39, 0.29) is 0 Å². The predicted molar refractivity (Wildman–Crippen MR) is 57.2 cm³/mol. The molecule has 0 aliphatic rings. The Kier molecular flexibility index (Phi) is 4.96. The van der Waals surface area contributed by atoms with Crippen LogP contribution in [-0.2, 0) is 0 Å². The molecular weight excluding hydrogens is 144 g/mol. The highest BCUT2D eigenvalue weighted by molar-refractivity contribution is 5.02. The van der Waals surface area contributed by atoms with Crippen LogP contribution in [-0.4, -0.2) is 0 Å². The first-order valence-corrected chi connectivity index (χ1v) is 4.84. The van der Waals surface area contributed by atoms with Crippen molar-refractivity contribution >= 4 is 0 Å². The molecule has 0 amide bonds. The summed E-state index contributed by atoms with van der Waals surface area (Å²) >= 11 is 0. The highest BCUT2D eigenvalue weighted by atomic mass is 14.1. The molecule has 0 radical (unpaired) electrons. The van der Waals surface area contributed by atoms with Gasteiger partial charge in [-0.1, -0.05) is 52.0 Å². The maximum Gasteiger partial charge on any atom is -0.00818 e. The summed E-state index contributed by atoms with van der Waals surface area (Å²) in [5.74, 6) is 0.570. The van der Waals surface area contributed by atoms with Gasteiger partial charge in [-0.05, 0) is 24.7 Å². The standard InChI is InChI=1S/C12H22/c1-6-8-11(3)9-10-12(4,5)7-2/h6,8-11H,7H2,1-5H3/b8-6-,10-9+. The monoisotopic (exact) mass is 166 g/mol. The van der Waals surface area contributed by atoms with Gasteiger partial charge < -0.3 is 0 Å². The Hall–Kier alpha value is -0.520. The summed E-state index contributed by atoms with van der Waals surface area (Å²) in [6.07, 6.45) is 10.1. The lowest BCUT2D eigenvalue weighted by Crippen LogP contribution is -2.04. The number of hydrogen-bond acceptors (Lipinski definition) is 0. The third-order valence-corrected chi connectivity index (χ3v) is 2.26. The molecule has 0 aromatic heterocycles. The lowest BCUT2D eigenvalue weighted by molar-refractivity contribution is 0.459. The molecule has 0 bridgehead atoms. The van der Waals surface area contributed by atoms with Crippen molar-refractivity contribution in [2.45, 2.75) is 41.0 Å². The van der Waals surface area contributed by atoms with Gasteiger partial charge in [-0.3, -0.25) is 0 Å². The van der Waals surface area contributed by atoms with Crippen LogP contribution in [0.15, 0.2) is 24.3 Å². The molecular formula is C12H22. The third kappa shape index (κ3) is 5.17. The van der Waals surface area contributed by atoms with Gasteiger partial charge in [0.15, 0.2) is 0 Å². The molecule has 0 N–H and O–H groups in total. The van der Waals surface area contributed by atoms with E-state index in [0.717, 1.165) is 0 Å². The lowest BCUT2D eigenvalue weighted by atomic mass is 9.89. The van der Waals surface area contributed by atoms with Gasteiger partial charge in [0.05, 0.1) is 0 Å². The molecule has 0 fully saturated rings. The lowest BCUT2D eigenvalue weighted by Gasteiger charge is -2.17. The van der Waals surface area contributed by atoms with Gasteiger partial charge in [0.1, 0.15) is 0 Å². The highest BCUT2D eigenvalue weighted by Gasteiger charge is 2.09. The van der Waals surface area contributed by atoms with Gasteiger partial charge in [-0.25, -0.2) is 0 Å². The first-order chi connectivity index (χ1) is 5.52. The molecule has 0 aliphatic carbocycles. The Morgan fingerprint density at radius 2 is 1.83 bits per heavy atom. The van der Waals surface area contributed by atoms with Crippen LogP contribution in [0.2, 0.25) is 0 Å². The van der Waals surface area contributed by atoms with Crippen molar-refractivity contribution in [2.75, 3.05) is 0 Å². The Morgan fingerprint density at radius 1 is 1.25 bits per heavy atom. The molecule has 0 heteroatoms. The van der Waals surface area contributed by atoms with Gasteiger partial charge in [0.2, 0.25) is 0 Å². The average Bonchev–Trinajstić information content (AvgIpc) is 2.02. The van der Waals surface area contributed by atoms with Crippen molar-refractivity contribution in [2.24, 2.45) is 11.3 Å². The maximum absolute atomic E-state index is 2.32. The van der Waals surface area contributed by atoms with E-state index in [1.54, 1.807) is 0 Å². The smallest absolute Gasteiger partial charge is 0.00818 e. The van der Waals surface area contributed by atoms with Gasteiger partial charge >= 0.3 is 0 Å². The fourth-order valence-electron chi connectivity index (χ4n) is 0.898. The van der Waals surface area contributed by atoms with E-state index < -0.39 is 0 Å². The fourth-order valence-corrected chi connectivity index (χ4v) is 0.898. The number of allylic oxidation sites excluding steroid dienone is 4. The third-order valence-electron chi connectivity index (χ3n) is 2.26. The van der Waals surface area contributed by atoms with Crippen LogP contribution in [0.5, 0.6) is 0 Å². The minimum atomic E-state index is 0.357. The minimum Gasteiger partial charge on any atom is -0.0911 e. The van der Waals surface area contributed by atoms with E-state index >= 15 is 0 Å². The molecule has 0 aromatic carbocycles. The molecule has 0 nitrogen and oxygen atoms in total. The van der Waals surface area contributed by atoms with Crippen LogP contribution >= 0.6 is 0 Å². The second-order valence-electron chi connectivity index (χ2n) is 4.09. The Morgan fingerprint density at radius 3 is 2.25 bits per heavy atom. The van der Waals surface area contributed by atoms with Crippen molar-refractivity contribution in [1.82, 2.24) is 0 Å². The van der Waals surface area contributed by atoms with E-state index in [0.29, 0.717) is 11.3 Å². The van der Waals surface area contributed by atoms with Crippen LogP contribution in [0.1, 0.15) is 41.0 Å². The zero-order chi connectivity index (χ0) is 9.61. The summed E-state index contributed by atoms with van der Waals surface area (Å²) in [7, 11) is 0. The van der Waals surface area contributed by atoms with E-state index in [1.807, 2.05) is 0 Å². The van der Waals surface area contributed by atoms with E-state index in [1.165, 1.54) is 6.42 Å². The Bertz CT molecular complexity index is 161. The number of hydrogen-bond donors (Lipinski definition) is 0. The summed E-state index contributed by atoms with van der Waals surface area (Å²) in [5.41, 5.74) is 0.357. The molecule has 0 heterocycles. The second kappa shape index (κ2) is 5.18. The van der Waals surface area contributed by atoms with Crippen molar-refractivity contribution in [3.05, 3.63) is 24.3 Å². The molecule has 0 aromatic rings. The largest absolute Gasteiger partial charge is 0.0911 e. The molecule has 0 rings (SSSR count). The van der Waals surface area contributed by atoms with Gasteiger partial charge in [0, 0.05) is 0 Å². The molecule has 0 aliphatic heterocycles. The predicted octanol–water partition coefficient (Wildman–Crippen LogP) is 4.19. The molecule has 0 saturated carbocycles. The molecule has 0 spiro atoms. The summed E-state index contributed by atoms with van der Waals surface area (Å²) in [5, 5.41) is 0. The van der Waals surface area contributed by atoms with E-state index in [2.05, 4.69) is 58.9 Å². The Labute approximate surface area is 77.4 Å². The average molecular weight is 166 g/mol. The van der Waals surface area contributed by atoms with Crippen LogP contribution < -0.4 is 0 Å². The first kappa shape index (κ1) is 11.5. The summed E-state index contributed by atoms with van der Waals surface area (Å²) in [4.78, 5) is 0. The summed E-state index contributed by atoms with van der Waals surface area (Å²) in [6.45, 7) is 11.0. The molecule has 70 valence electrons. The van der Waals surface area contributed by atoms with Gasteiger partial charge in [0.25, 0.3) is 0 Å². The van der Waals surface area contributed by atoms with Crippen molar-refractivity contribution < 1.29 is 0 Å². The van der Waals surface area contributed by atoms with Gasteiger partial charge in [-0.15, -0.1) is 0 Å². The van der Waals surface area contributed by atoms with Crippen molar-refractivity contribution in [1.29, 1.82) is 0 Å². The molecule has 0 saturated heterocycles. The highest BCUT2D eigenvalue weighted by Crippen LogP contribution is 2.22. The van der Waals surface area contributed by atoms with Crippen LogP contribution in [0.25, 0.3) is 0 Å². The van der Waals surface area contributed by atoms with Crippen molar-refractivity contribution in [3.8, 4) is 0 Å². The minimum absolute atomic E-state index is 0.357. The summed E-state index contributed by atoms with van der Waals surface area (Å²) in [6, 6.07) is 0. The normalized spacial score (nSPS) is 16.1. The van der Waals surface area contributed by atoms with Gasteiger partial charge in [-0.2, -0.15) is 0 Å². The van der Waals surface area contributed by atoms with Crippen molar-refractivity contribution in [3.63, 3.8) is 0 Å². The van der Waals surface area contributed by atoms with E-state index in [4.69, 9.17) is 0 Å². The number of rotatable bonds is 4. The van der Waals surface area contributed by atoms with Crippen LogP contribution in [0.3, 0.4) is 0 Å². The zero-order valence-corrected chi connectivity index (χ0v) is 9.09. The topological polar surface area (TPSA) is 0 Å². The summed E-state index contributed by atoms with van der Waals surface area (Å²) < 4.78 is 0. The SMILES string of the molecule is C/C=C\C(C)/C=C/C(C)(C)CC. The fraction of sp³-hybridized carbons (Fsp3) is 0.667. The second-order valence-corrected chi connectivity index (χ2v) is 4.09. The maximum atomic E-state index is 2.32. The van der Waals surface area contributed by atoms with Crippen LogP contribution in [0, 0.1) is 11.3 Å². The molecule has 1 atom stereocenters. The Balaban J connectivity index is 4.05. The molecule has 12 heavy (non-hydrogen) atoms. The first-order valence-electron chi connectivity index (χ1n) is 4.84. The van der Waals surface area contributed by atoms with E-state index in [9.17, 15) is 0 Å². The van der Waals surface area contributed by atoms with Crippen LogP contribution in [0.4, 0.5) is 0 Å². The zero-order valence-electron chi connectivity index (χ0n) is 9.09.